The second kappa shape index (κ2) is 5.06. The molecule has 2 saturated carbocycles. The average molecular weight is 315 g/mol. The fourth-order valence-corrected chi connectivity index (χ4v) is 4.45. The molecule has 1 aromatic rings. The van der Waals surface area contributed by atoms with Gasteiger partial charge in [-0.2, -0.15) is 0 Å². The Kier molecular flexibility index (Phi) is 3.23. The molecule has 0 aromatic heterocycles. The fourth-order valence-electron chi connectivity index (χ4n) is 4.45. The SMILES string of the molecule is O=C(O)C1(C(=O)Nc2cccc3c2CCOC3)CC2(CCC2)C1. The van der Waals surface area contributed by atoms with Crippen LogP contribution in [0.15, 0.2) is 18.2 Å². The molecule has 2 fully saturated rings. The number of nitrogens with one attached hydrogen (secondary N) is 1. The van der Waals surface area contributed by atoms with E-state index in [-0.39, 0.29) is 11.3 Å². The van der Waals surface area contributed by atoms with Crippen LogP contribution in [-0.2, 0) is 27.4 Å². The lowest BCUT2D eigenvalue weighted by atomic mass is 9.45. The zero-order valence-electron chi connectivity index (χ0n) is 13.1. The average Bonchev–Trinajstić information content (AvgIpc) is 2.45. The number of carboxylic acid groups (broad SMARTS) is 1. The van der Waals surface area contributed by atoms with Crippen LogP contribution in [-0.4, -0.2) is 23.6 Å². The summed E-state index contributed by atoms with van der Waals surface area (Å²) in [6, 6.07) is 5.73. The lowest BCUT2D eigenvalue weighted by Crippen LogP contribution is -2.59. The number of amides is 1. The number of benzene rings is 1. The van der Waals surface area contributed by atoms with Crippen LogP contribution in [0.1, 0.15) is 43.2 Å². The molecule has 5 heteroatoms. The van der Waals surface area contributed by atoms with Crippen LogP contribution in [0.5, 0.6) is 0 Å². The smallest absolute Gasteiger partial charge is 0.319 e. The van der Waals surface area contributed by atoms with E-state index in [1.54, 1.807) is 0 Å². The molecule has 3 aliphatic rings. The van der Waals surface area contributed by atoms with Crippen molar-refractivity contribution in [2.75, 3.05) is 11.9 Å². The topological polar surface area (TPSA) is 75.6 Å². The normalized spacial score (nSPS) is 23.3. The summed E-state index contributed by atoms with van der Waals surface area (Å²) in [5.41, 5.74) is 1.77. The van der Waals surface area contributed by atoms with Gasteiger partial charge in [0.1, 0.15) is 5.41 Å². The number of carbonyl (C=O) groups is 2. The predicted molar refractivity (Wildman–Crippen MR) is 84.0 cm³/mol. The Hall–Kier alpha value is -1.88. The lowest BCUT2D eigenvalue weighted by Gasteiger charge is -2.58. The van der Waals surface area contributed by atoms with E-state index >= 15 is 0 Å². The van der Waals surface area contributed by atoms with Gasteiger partial charge in [0.2, 0.25) is 5.91 Å². The fraction of sp³-hybridized carbons (Fsp3) is 0.556. The molecule has 2 N–H and O–H groups in total. The van der Waals surface area contributed by atoms with Crippen LogP contribution < -0.4 is 5.32 Å². The first-order valence-electron chi connectivity index (χ1n) is 8.28. The predicted octanol–water partition coefficient (Wildman–Crippen LogP) is 2.73. The zero-order valence-corrected chi connectivity index (χ0v) is 13.1. The van der Waals surface area contributed by atoms with Gasteiger partial charge in [0.25, 0.3) is 0 Å². The third-order valence-electron chi connectivity index (χ3n) is 5.89. The van der Waals surface area contributed by atoms with E-state index in [0.717, 1.165) is 42.5 Å². The van der Waals surface area contributed by atoms with Crippen LogP contribution in [0.3, 0.4) is 0 Å². The largest absolute Gasteiger partial charge is 0.480 e. The lowest BCUT2D eigenvalue weighted by molar-refractivity contribution is -0.178. The summed E-state index contributed by atoms with van der Waals surface area (Å²) >= 11 is 0. The van der Waals surface area contributed by atoms with Gasteiger partial charge in [-0.15, -0.1) is 0 Å². The minimum atomic E-state index is -1.24. The van der Waals surface area contributed by atoms with E-state index < -0.39 is 11.4 Å². The maximum Gasteiger partial charge on any atom is 0.319 e. The number of carbonyl (C=O) groups excluding carboxylic acids is 1. The van der Waals surface area contributed by atoms with E-state index in [1.165, 1.54) is 0 Å². The molecule has 1 aliphatic heterocycles. The Labute approximate surface area is 135 Å². The number of hydrogen-bond donors (Lipinski definition) is 2. The molecular formula is C18H21NO4. The minimum absolute atomic E-state index is 0.125. The zero-order chi connectivity index (χ0) is 16.1. The van der Waals surface area contributed by atoms with Gasteiger partial charge in [-0.05, 0) is 54.7 Å². The molecule has 5 nitrogen and oxygen atoms in total. The Balaban J connectivity index is 1.56. The molecule has 0 radical (unpaired) electrons. The summed E-state index contributed by atoms with van der Waals surface area (Å²) in [6.07, 6.45) is 5.00. The Bertz CT molecular complexity index is 670. The quantitative estimate of drug-likeness (QED) is 0.841. The summed E-state index contributed by atoms with van der Waals surface area (Å²) < 4.78 is 5.44. The summed E-state index contributed by atoms with van der Waals surface area (Å²) in [6.45, 7) is 1.18. The third-order valence-corrected chi connectivity index (χ3v) is 5.89. The first-order valence-corrected chi connectivity index (χ1v) is 8.28. The third kappa shape index (κ3) is 2.17. The highest BCUT2D eigenvalue weighted by Gasteiger charge is 2.65. The van der Waals surface area contributed by atoms with Crippen LogP contribution in [0.4, 0.5) is 5.69 Å². The number of hydrogen-bond acceptors (Lipinski definition) is 3. The molecule has 1 aromatic carbocycles. The van der Waals surface area contributed by atoms with Crippen molar-refractivity contribution < 1.29 is 19.4 Å². The van der Waals surface area contributed by atoms with Gasteiger partial charge in [0, 0.05) is 5.69 Å². The standard InChI is InChI=1S/C18H21NO4/c20-15(18(16(21)22)10-17(11-18)6-2-7-17)19-14-4-1-3-12-9-23-8-5-13(12)14/h1,3-4H,2,5-11H2,(H,19,20)(H,21,22). The van der Waals surface area contributed by atoms with E-state index in [0.29, 0.717) is 26.1 Å². The molecule has 0 bridgehead atoms. The van der Waals surface area contributed by atoms with Crippen LogP contribution in [0.25, 0.3) is 0 Å². The van der Waals surface area contributed by atoms with Crippen LogP contribution in [0.2, 0.25) is 0 Å². The first kappa shape index (κ1) is 14.7. The van der Waals surface area contributed by atoms with Crippen molar-refractivity contribution >= 4 is 17.6 Å². The van der Waals surface area contributed by atoms with Gasteiger partial charge in [0.05, 0.1) is 13.2 Å². The maximum absolute atomic E-state index is 12.7. The number of carboxylic acids is 1. The van der Waals surface area contributed by atoms with Gasteiger partial charge >= 0.3 is 5.97 Å². The van der Waals surface area contributed by atoms with Gasteiger partial charge in [0.15, 0.2) is 0 Å². The van der Waals surface area contributed by atoms with E-state index in [2.05, 4.69) is 5.32 Å². The second-order valence-electron chi connectivity index (χ2n) is 7.29. The number of aliphatic carboxylic acids is 1. The van der Waals surface area contributed by atoms with Crippen LogP contribution in [0, 0.1) is 10.8 Å². The molecule has 1 spiro atoms. The van der Waals surface area contributed by atoms with Gasteiger partial charge in [-0.1, -0.05) is 18.6 Å². The van der Waals surface area contributed by atoms with Gasteiger partial charge in [-0.25, -0.2) is 0 Å². The molecule has 0 unspecified atom stereocenters. The number of anilines is 1. The number of ether oxygens (including phenoxy) is 1. The molecule has 122 valence electrons. The molecule has 23 heavy (non-hydrogen) atoms. The number of fused-ring (bicyclic) bond motifs is 1. The highest BCUT2D eigenvalue weighted by Crippen LogP contribution is 2.64. The highest BCUT2D eigenvalue weighted by molar-refractivity contribution is 6.09. The Morgan fingerprint density at radius 1 is 1.22 bits per heavy atom. The van der Waals surface area contributed by atoms with Gasteiger partial charge in [-0.3, -0.25) is 9.59 Å². The first-order chi connectivity index (χ1) is 11.0. The summed E-state index contributed by atoms with van der Waals surface area (Å²) in [5.74, 6) is -1.34. The molecular weight excluding hydrogens is 294 g/mol. The monoisotopic (exact) mass is 315 g/mol. The summed E-state index contributed by atoms with van der Waals surface area (Å²) in [7, 11) is 0. The van der Waals surface area contributed by atoms with Crippen molar-refractivity contribution in [1.82, 2.24) is 0 Å². The molecule has 1 amide bonds. The molecule has 1 heterocycles. The highest BCUT2D eigenvalue weighted by atomic mass is 16.5. The van der Waals surface area contributed by atoms with Crippen molar-refractivity contribution in [3.63, 3.8) is 0 Å². The van der Waals surface area contributed by atoms with E-state index in [4.69, 9.17) is 4.74 Å². The summed E-state index contributed by atoms with van der Waals surface area (Å²) in [5, 5.41) is 12.5. The maximum atomic E-state index is 12.7. The summed E-state index contributed by atoms with van der Waals surface area (Å²) in [4.78, 5) is 24.5. The van der Waals surface area contributed by atoms with Crippen LogP contribution >= 0.6 is 0 Å². The minimum Gasteiger partial charge on any atom is -0.480 e. The Morgan fingerprint density at radius 2 is 2.00 bits per heavy atom. The molecule has 2 aliphatic carbocycles. The molecule has 0 saturated heterocycles. The molecule has 0 atom stereocenters. The number of rotatable bonds is 3. The van der Waals surface area contributed by atoms with E-state index in [1.807, 2.05) is 18.2 Å². The molecule has 4 rings (SSSR count). The van der Waals surface area contributed by atoms with Crippen molar-refractivity contribution in [2.45, 2.75) is 45.1 Å². The van der Waals surface area contributed by atoms with Crippen molar-refractivity contribution in [3.8, 4) is 0 Å². The van der Waals surface area contributed by atoms with Crippen molar-refractivity contribution in [1.29, 1.82) is 0 Å². The Morgan fingerprint density at radius 3 is 2.65 bits per heavy atom. The van der Waals surface area contributed by atoms with Gasteiger partial charge < -0.3 is 15.2 Å². The van der Waals surface area contributed by atoms with E-state index in [9.17, 15) is 14.7 Å². The second-order valence-corrected chi connectivity index (χ2v) is 7.29. The van der Waals surface area contributed by atoms with Crippen molar-refractivity contribution in [3.05, 3.63) is 29.3 Å². The van der Waals surface area contributed by atoms with Crippen molar-refractivity contribution in [2.24, 2.45) is 10.8 Å².